The van der Waals surface area contributed by atoms with Crippen LogP contribution in [0.1, 0.15) is 0 Å². The molecular weight excluding hydrogens is 92.1 g/mol. The van der Waals surface area contributed by atoms with E-state index in [0.29, 0.717) is 0 Å². The average Bonchev–Trinajstić information content (AvgIpc) is 0.811. The minimum Gasteiger partial charge on any atom is -0.269 e. The number of rotatable bonds is 0. The molecule has 0 aliphatic rings. The zero-order chi connectivity index (χ0) is 3.58. The van der Waals surface area contributed by atoms with Crippen molar-refractivity contribution in [2.75, 3.05) is 0 Å². The minimum atomic E-state index is -0.556. The highest BCUT2D eigenvalue weighted by molar-refractivity contribution is 8.10. The molecule has 0 N–H and O–H groups in total. The van der Waals surface area contributed by atoms with Gasteiger partial charge in [-0.2, -0.15) is 0 Å². The highest BCUT2D eigenvalue weighted by atomic mass is 32.1. The third-order valence-corrected chi connectivity index (χ3v) is 0. The van der Waals surface area contributed by atoms with Crippen molar-refractivity contribution in [2.45, 2.75) is 0 Å². The quantitative estimate of drug-likeness (QED) is 0.344. The van der Waals surface area contributed by atoms with E-state index in [2.05, 4.69) is 24.8 Å². The van der Waals surface area contributed by atoms with Crippen molar-refractivity contribution in [2.24, 2.45) is 0 Å². The van der Waals surface area contributed by atoms with E-state index in [-0.39, 0.29) is 0 Å². The topological polar surface area (TPSA) is 19.9 Å². The lowest BCUT2D eigenvalue weighted by atomic mass is 11.7. The van der Waals surface area contributed by atoms with E-state index in [1.165, 1.54) is 0 Å². The van der Waals surface area contributed by atoms with Crippen molar-refractivity contribution in [3.8, 4) is 0 Å². The van der Waals surface area contributed by atoms with Crippen LogP contribution in [0.2, 0.25) is 0 Å². The van der Waals surface area contributed by atoms with E-state index in [9.17, 15) is 0 Å². The molecule has 0 atom stereocenters. The molecule has 0 aromatic rings. The van der Waals surface area contributed by atoms with Gasteiger partial charge in [-0.25, -0.2) is 0 Å². The zero-order valence-corrected chi connectivity index (χ0v) is 3.47. The van der Waals surface area contributed by atoms with Gasteiger partial charge in [0.25, 0.3) is 4.38 Å². The predicted molar refractivity (Wildman–Crippen MR) is 22.3 cm³/mol. The number of hydrogen-bond donors (Lipinski definition) is 1. The van der Waals surface area contributed by atoms with Gasteiger partial charge in [-0.15, -0.1) is 0 Å². The molecule has 0 aliphatic heterocycles. The second kappa shape index (κ2) is 1.55. The molecule has 0 saturated carbocycles. The lowest BCUT2D eigenvalue weighted by Crippen LogP contribution is -1.61. The van der Waals surface area contributed by atoms with Crippen LogP contribution < -0.4 is 0 Å². The van der Waals surface area contributed by atoms with Crippen LogP contribution in [-0.4, -0.2) is 4.38 Å². The Hall–Kier alpha value is 0.240. The maximum absolute atomic E-state index is 9.12. The fourth-order valence-electron chi connectivity index (χ4n) is 0. The van der Waals surface area contributed by atoms with Crippen LogP contribution in [-0.2, 0) is 5.11 Å². The predicted octanol–water partition coefficient (Wildman–Crippen LogP) is 0.632. The van der Waals surface area contributed by atoms with E-state index >= 15 is 0 Å². The maximum Gasteiger partial charge on any atom is 0.273 e. The van der Waals surface area contributed by atoms with Crippen molar-refractivity contribution in [1.29, 1.82) is 0 Å². The van der Waals surface area contributed by atoms with Crippen molar-refractivity contribution >= 4 is 29.2 Å². The molecule has 3 heteroatoms. The van der Waals surface area contributed by atoms with Gasteiger partial charge in [0.15, 0.2) is 0 Å². The smallest absolute Gasteiger partial charge is 0.269 e. The molecule has 0 unspecified atom stereocenters. The molecule has 0 aromatic heterocycles. The first-order valence-corrected chi connectivity index (χ1v) is 1.49. The summed E-state index contributed by atoms with van der Waals surface area (Å²) in [6.45, 7) is 0. The van der Waals surface area contributed by atoms with Gasteiger partial charge in [-0.3, -0.25) is 5.11 Å². The Morgan fingerprint density at radius 2 is 2.00 bits per heavy atom. The maximum atomic E-state index is 9.12. The number of thiocarbonyl (C=S) groups is 1. The van der Waals surface area contributed by atoms with Crippen LogP contribution in [0.5, 0.6) is 0 Å². The van der Waals surface area contributed by atoms with Crippen LogP contribution in [0.3, 0.4) is 0 Å². The van der Waals surface area contributed by atoms with Gasteiger partial charge >= 0.3 is 0 Å². The fourth-order valence-corrected chi connectivity index (χ4v) is 0. The van der Waals surface area contributed by atoms with Gasteiger partial charge in [-0.05, 0) is 12.2 Å². The zero-order valence-electron chi connectivity index (χ0n) is 1.76. The number of hydrogen-bond acceptors (Lipinski definition) is 1. The van der Waals surface area contributed by atoms with Gasteiger partial charge in [0.1, 0.15) is 0 Å². The van der Waals surface area contributed by atoms with Crippen molar-refractivity contribution in [3.63, 3.8) is 0 Å². The summed E-state index contributed by atoms with van der Waals surface area (Å²) in [4.78, 5) is 0. The molecule has 0 amide bonds. The molecule has 4 heavy (non-hydrogen) atoms. The monoisotopic (exact) mass is 92.9 g/mol. The van der Waals surface area contributed by atoms with E-state index in [4.69, 9.17) is 5.11 Å². The first-order chi connectivity index (χ1) is 1.73. The normalized spacial score (nSPS) is 6.25. The van der Waals surface area contributed by atoms with Gasteiger partial charge in [-0.1, -0.05) is 12.6 Å². The second-order valence-electron chi connectivity index (χ2n) is 0.266. The summed E-state index contributed by atoms with van der Waals surface area (Å²) in [6.07, 6.45) is 0. The molecular formula is CHOS2. The molecule has 0 aromatic carbocycles. The van der Waals surface area contributed by atoms with Crippen molar-refractivity contribution in [3.05, 3.63) is 0 Å². The molecule has 1 radical (unpaired) electrons. The summed E-state index contributed by atoms with van der Waals surface area (Å²) in [7, 11) is 0. The van der Waals surface area contributed by atoms with E-state index in [1.54, 1.807) is 0 Å². The standard InChI is InChI=1S/CHOS2/c2-1(3)4/h(H,3,4). The first-order valence-electron chi connectivity index (χ1n) is 0.632. The highest BCUT2D eigenvalue weighted by Crippen LogP contribution is 1.70. The van der Waals surface area contributed by atoms with Crippen LogP contribution in [0.15, 0.2) is 0 Å². The van der Waals surface area contributed by atoms with Gasteiger partial charge in [0.05, 0.1) is 0 Å². The summed E-state index contributed by atoms with van der Waals surface area (Å²) >= 11 is 6.99. The molecule has 0 aliphatic carbocycles. The Balaban J connectivity index is 2.80. The van der Waals surface area contributed by atoms with E-state index < -0.39 is 4.38 Å². The molecule has 0 heterocycles. The molecule has 0 saturated heterocycles. The first kappa shape index (κ1) is 4.24. The molecule has 0 bridgehead atoms. The Labute approximate surface area is 35.0 Å². The van der Waals surface area contributed by atoms with Crippen LogP contribution >= 0.6 is 24.8 Å². The third-order valence-electron chi connectivity index (χ3n) is 0. The third kappa shape index (κ3) is 59.8. The second-order valence-corrected chi connectivity index (χ2v) is 1.35. The molecule has 0 fully saturated rings. The van der Waals surface area contributed by atoms with Crippen LogP contribution in [0.25, 0.3) is 0 Å². The summed E-state index contributed by atoms with van der Waals surface area (Å²) < 4.78 is -0.556. The Morgan fingerprint density at radius 3 is 2.00 bits per heavy atom. The fraction of sp³-hybridized carbons (Fsp3) is 0. The van der Waals surface area contributed by atoms with Gasteiger partial charge in [0.2, 0.25) is 0 Å². The SMILES string of the molecule is [O]C(=S)S. The Bertz CT molecular complexity index is 29.0. The summed E-state index contributed by atoms with van der Waals surface area (Å²) in [6, 6.07) is 0. The molecule has 23 valence electrons. The Kier molecular flexibility index (Phi) is 1.64. The summed E-state index contributed by atoms with van der Waals surface area (Å²) in [5.41, 5.74) is 0. The Morgan fingerprint density at radius 1 is 2.00 bits per heavy atom. The summed E-state index contributed by atoms with van der Waals surface area (Å²) in [5, 5.41) is 9.12. The van der Waals surface area contributed by atoms with Gasteiger partial charge < -0.3 is 0 Å². The minimum absolute atomic E-state index is 0.556. The van der Waals surface area contributed by atoms with Crippen LogP contribution in [0, 0.1) is 0 Å². The largest absolute Gasteiger partial charge is 0.273 e. The van der Waals surface area contributed by atoms with Crippen molar-refractivity contribution in [1.82, 2.24) is 0 Å². The summed E-state index contributed by atoms with van der Waals surface area (Å²) in [5.74, 6) is 0. The van der Waals surface area contributed by atoms with Crippen LogP contribution in [0.4, 0.5) is 0 Å². The van der Waals surface area contributed by atoms with E-state index in [0.717, 1.165) is 0 Å². The van der Waals surface area contributed by atoms with Gasteiger partial charge in [0, 0.05) is 0 Å². The highest BCUT2D eigenvalue weighted by Gasteiger charge is 1.66. The average molecular weight is 93.2 g/mol. The lowest BCUT2D eigenvalue weighted by Gasteiger charge is -1.54. The molecule has 0 spiro atoms. The van der Waals surface area contributed by atoms with Crippen molar-refractivity contribution < 1.29 is 5.11 Å². The number of thiol groups is 1. The van der Waals surface area contributed by atoms with E-state index in [1.807, 2.05) is 0 Å². The lowest BCUT2D eigenvalue weighted by molar-refractivity contribution is 0.456. The molecule has 1 nitrogen and oxygen atoms in total. The molecule has 0 rings (SSSR count).